The predicted molar refractivity (Wildman–Crippen MR) is 78.7 cm³/mol. The fraction of sp³-hybridized carbons (Fsp3) is 0.688. The van der Waals surface area contributed by atoms with Crippen LogP contribution in [0.15, 0.2) is 18.5 Å². The molecular formula is C16H26N2O. The maximum Gasteiger partial charge on any atom is 0.137 e. The van der Waals surface area contributed by atoms with E-state index in [1.165, 1.54) is 37.7 Å². The number of rotatable bonds is 5. The van der Waals surface area contributed by atoms with E-state index in [1.807, 2.05) is 19.3 Å². The van der Waals surface area contributed by atoms with Gasteiger partial charge in [-0.05, 0) is 37.9 Å². The van der Waals surface area contributed by atoms with Gasteiger partial charge in [-0.1, -0.05) is 26.2 Å². The summed E-state index contributed by atoms with van der Waals surface area (Å²) in [6, 6.07) is 2.77. The van der Waals surface area contributed by atoms with Crippen molar-refractivity contribution < 1.29 is 4.74 Å². The van der Waals surface area contributed by atoms with E-state index < -0.39 is 0 Å². The summed E-state index contributed by atoms with van der Waals surface area (Å²) in [6.07, 6.45) is 10.4. The van der Waals surface area contributed by atoms with Gasteiger partial charge in [0.15, 0.2) is 0 Å². The van der Waals surface area contributed by atoms with E-state index in [-0.39, 0.29) is 0 Å². The zero-order valence-electron chi connectivity index (χ0n) is 12.2. The van der Waals surface area contributed by atoms with Crippen molar-refractivity contribution in [1.82, 2.24) is 10.3 Å². The molecule has 0 aliphatic heterocycles. The van der Waals surface area contributed by atoms with E-state index in [0.29, 0.717) is 18.6 Å². The van der Waals surface area contributed by atoms with E-state index in [0.717, 1.165) is 12.3 Å². The first kappa shape index (κ1) is 14.3. The zero-order valence-corrected chi connectivity index (χ0v) is 12.2. The summed E-state index contributed by atoms with van der Waals surface area (Å²) in [6.45, 7) is 5.95. The van der Waals surface area contributed by atoms with Gasteiger partial charge in [0.05, 0.1) is 12.8 Å². The van der Waals surface area contributed by atoms with Crippen molar-refractivity contribution in [3.63, 3.8) is 0 Å². The molecule has 3 heteroatoms. The number of pyridine rings is 1. The van der Waals surface area contributed by atoms with Crippen LogP contribution in [-0.4, -0.2) is 24.2 Å². The maximum atomic E-state index is 5.58. The monoisotopic (exact) mass is 262 g/mol. The Labute approximate surface area is 116 Å². The number of hydrogen-bond donors (Lipinski definition) is 1. The third kappa shape index (κ3) is 3.93. The van der Waals surface area contributed by atoms with Crippen LogP contribution >= 0.6 is 0 Å². The summed E-state index contributed by atoms with van der Waals surface area (Å²) in [5.74, 6) is 1.48. The molecule has 0 radical (unpaired) electrons. The van der Waals surface area contributed by atoms with Crippen molar-refractivity contribution in [3.05, 3.63) is 24.0 Å². The molecule has 0 saturated heterocycles. The molecule has 0 bridgehead atoms. The fourth-order valence-electron chi connectivity index (χ4n) is 3.10. The first-order valence-corrected chi connectivity index (χ1v) is 7.66. The van der Waals surface area contributed by atoms with Crippen LogP contribution in [0.25, 0.3) is 0 Å². The van der Waals surface area contributed by atoms with Gasteiger partial charge in [0.2, 0.25) is 0 Å². The summed E-state index contributed by atoms with van der Waals surface area (Å²) >= 11 is 0. The van der Waals surface area contributed by atoms with Gasteiger partial charge < -0.3 is 10.1 Å². The van der Waals surface area contributed by atoms with Crippen molar-refractivity contribution in [2.45, 2.75) is 57.9 Å². The number of nitrogens with one attached hydrogen (secondary N) is 1. The van der Waals surface area contributed by atoms with Crippen LogP contribution in [0.5, 0.6) is 5.75 Å². The smallest absolute Gasteiger partial charge is 0.137 e. The van der Waals surface area contributed by atoms with Gasteiger partial charge in [-0.25, -0.2) is 0 Å². The second-order valence-corrected chi connectivity index (χ2v) is 5.30. The van der Waals surface area contributed by atoms with Gasteiger partial charge in [0.1, 0.15) is 5.75 Å². The third-order valence-corrected chi connectivity index (χ3v) is 3.96. The number of likely N-dealkylation sites (N-methyl/N-ethyl adjacent to an activating group) is 1. The highest BCUT2D eigenvalue weighted by Crippen LogP contribution is 2.33. The van der Waals surface area contributed by atoms with Crippen LogP contribution in [0.1, 0.15) is 57.4 Å². The van der Waals surface area contributed by atoms with Crippen LogP contribution in [0.4, 0.5) is 0 Å². The van der Waals surface area contributed by atoms with E-state index in [4.69, 9.17) is 4.74 Å². The van der Waals surface area contributed by atoms with Gasteiger partial charge >= 0.3 is 0 Å². The minimum atomic E-state index is 0.579. The Kier molecular flexibility index (Phi) is 5.64. The van der Waals surface area contributed by atoms with Crippen LogP contribution < -0.4 is 10.1 Å². The van der Waals surface area contributed by atoms with Gasteiger partial charge in [-0.15, -0.1) is 0 Å². The molecule has 3 nitrogen and oxygen atoms in total. The molecule has 19 heavy (non-hydrogen) atoms. The largest absolute Gasteiger partial charge is 0.492 e. The lowest BCUT2D eigenvalue weighted by atomic mass is 9.88. The topological polar surface area (TPSA) is 34.2 Å². The highest BCUT2D eigenvalue weighted by atomic mass is 16.5. The van der Waals surface area contributed by atoms with E-state index in [2.05, 4.69) is 23.3 Å². The highest BCUT2D eigenvalue weighted by molar-refractivity contribution is 5.27. The molecule has 2 rings (SSSR count). The average molecular weight is 262 g/mol. The molecule has 1 aromatic heterocycles. The molecule has 1 aliphatic carbocycles. The lowest BCUT2D eigenvalue weighted by molar-refractivity contribution is 0.337. The Morgan fingerprint density at radius 3 is 2.84 bits per heavy atom. The minimum absolute atomic E-state index is 0.579. The van der Waals surface area contributed by atoms with Crippen LogP contribution in [0, 0.1) is 0 Å². The SMILES string of the molecule is CCNC1CCCCCC1c1cncc(OCC)c1. The molecular weight excluding hydrogens is 236 g/mol. The molecule has 1 aliphatic rings. The van der Waals surface area contributed by atoms with Crippen LogP contribution in [0.3, 0.4) is 0 Å². The second-order valence-electron chi connectivity index (χ2n) is 5.30. The van der Waals surface area contributed by atoms with Gasteiger partial charge in [-0.2, -0.15) is 0 Å². The first-order valence-electron chi connectivity index (χ1n) is 7.66. The lowest BCUT2D eigenvalue weighted by Crippen LogP contribution is -2.34. The molecule has 2 atom stereocenters. The molecule has 0 amide bonds. The van der Waals surface area contributed by atoms with Crippen molar-refractivity contribution in [1.29, 1.82) is 0 Å². The summed E-state index contributed by atoms with van der Waals surface area (Å²) in [5, 5.41) is 3.66. The Hall–Kier alpha value is -1.09. The van der Waals surface area contributed by atoms with Gasteiger partial charge in [0, 0.05) is 18.2 Å². The average Bonchev–Trinajstić information content (AvgIpc) is 2.65. The zero-order chi connectivity index (χ0) is 13.5. The minimum Gasteiger partial charge on any atom is -0.492 e. The molecule has 0 aromatic carbocycles. The highest BCUT2D eigenvalue weighted by Gasteiger charge is 2.24. The molecule has 1 N–H and O–H groups in total. The van der Waals surface area contributed by atoms with E-state index in [1.54, 1.807) is 0 Å². The Balaban J connectivity index is 2.17. The van der Waals surface area contributed by atoms with Crippen molar-refractivity contribution in [2.75, 3.05) is 13.2 Å². The molecule has 1 fully saturated rings. The van der Waals surface area contributed by atoms with Crippen LogP contribution in [-0.2, 0) is 0 Å². The normalized spacial score (nSPS) is 23.9. The first-order chi connectivity index (χ1) is 9.35. The third-order valence-electron chi connectivity index (χ3n) is 3.96. The summed E-state index contributed by atoms with van der Waals surface area (Å²) < 4.78 is 5.58. The summed E-state index contributed by atoms with van der Waals surface area (Å²) in [7, 11) is 0. The quantitative estimate of drug-likeness (QED) is 0.825. The maximum absolute atomic E-state index is 5.58. The molecule has 1 aromatic rings. The lowest BCUT2D eigenvalue weighted by Gasteiger charge is -2.26. The number of aromatic nitrogens is 1. The van der Waals surface area contributed by atoms with Crippen LogP contribution in [0.2, 0.25) is 0 Å². The second kappa shape index (κ2) is 7.49. The summed E-state index contributed by atoms with van der Waals surface area (Å²) in [4.78, 5) is 4.35. The fourth-order valence-corrected chi connectivity index (χ4v) is 3.10. The molecule has 2 unspecified atom stereocenters. The molecule has 1 heterocycles. The number of ether oxygens (including phenoxy) is 1. The van der Waals surface area contributed by atoms with E-state index >= 15 is 0 Å². The Morgan fingerprint density at radius 1 is 1.21 bits per heavy atom. The Bertz CT molecular complexity index is 381. The number of nitrogens with zero attached hydrogens (tertiary/aromatic N) is 1. The van der Waals surface area contributed by atoms with Crippen molar-refractivity contribution >= 4 is 0 Å². The Morgan fingerprint density at radius 2 is 2.05 bits per heavy atom. The number of hydrogen-bond acceptors (Lipinski definition) is 3. The van der Waals surface area contributed by atoms with E-state index in [9.17, 15) is 0 Å². The molecule has 106 valence electrons. The summed E-state index contributed by atoms with van der Waals surface area (Å²) in [5.41, 5.74) is 1.33. The molecule has 1 saturated carbocycles. The standard InChI is InChI=1S/C16H26N2O/c1-3-18-16-9-7-5-6-8-15(16)13-10-14(19-4-2)12-17-11-13/h10-12,15-16,18H,3-9H2,1-2H3. The molecule has 0 spiro atoms. The predicted octanol–water partition coefficient (Wildman–Crippen LogP) is 3.51. The van der Waals surface area contributed by atoms with Gasteiger partial charge in [0.25, 0.3) is 0 Å². The van der Waals surface area contributed by atoms with Crippen molar-refractivity contribution in [2.24, 2.45) is 0 Å². The van der Waals surface area contributed by atoms with Gasteiger partial charge in [-0.3, -0.25) is 4.98 Å². The van der Waals surface area contributed by atoms with Crippen molar-refractivity contribution in [3.8, 4) is 5.75 Å².